The van der Waals surface area contributed by atoms with Gasteiger partial charge in [-0.3, -0.25) is 9.59 Å². The Morgan fingerprint density at radius 1 is 1.12 bits per heavy atom. The molecule has 0 aliphatic carbocycles. The number of anilines is 1. The van der Waals surface area contributed by atoms with Crippen molar-refractivity contribution in [3.05, 3.63) is 88.8 Å². The zero-order chi connectivity index (χ0) is 22.7. The summed E-state index contributed by atoms with van der Waals surface area (Å²) in [7, 11) is 3.41. The topological polar surface area (TPSA) is 78.2 Å². The second kappa shape index (κ2) is 9.28. The molecule has 2 amide bonds. The predicted molar refractivity (Wildman–Crippen MR) is 124 cm³/mol. The zero-order valence-corrected chi connectivity index (χ0v) is 18.5. The average molecular weight is 451 g/mol. The van der Waals surface area contributed by atoms with E-state index in [2.05, 4.69) is 10.4 Å². The lowest BCUT2D eigenvalue weighted by molar-refractivity contribution is -0.131. The van der Waals surface area contributed by atoms with Crippen molar-refractivity contribution in [2.24, 2.45) is 5.10 Å². The van der Waals surface area contributed by atoms with Crippen LogP contribution < -0.4 is 5.32 Å². The van der Waals surface area contributed by atoms with Gasteiger partial charge in [-0.15, -0.1) is 0 Å². The molecule has 0 fully saturated rings. The summed E-state index contributed by atoms with van der Waals surface area (Å²) >= 11 is 6.00. The Hall–Kier alpha value is -3.58. The van der Waals surface area contributed by atoms with Crippen molar-refractivity contribution in [2.45, 2.75) is 12.5 Å². The Labute approximate surface area is 191 Å². The van der Waals surface area contributed by atoms with Gasteiger partial charge in [0.05, 0.1) is 18.5 Å². The molecule has 2 heterocycles. The SMILES string of the molecule is CN(C)C(=O)c1ccc(NCC(=O)N2N=C(c3ccc(Cl)cc3)C[C@@H]2c2ccco2)cc1. The highest BCUT2D eigenvalue weighted by atomic mass is 35.5. The highest BCUT2D eigenvalue weighted by Crippen LogP contribution is 2.33. The van der Waals surface area contributed by atoms with E-state index < -0.39 is 0 Å². The molecule has 1 atom stereocenters. The lowest BCUT2D eigenvalue weighted by atomic mass is 10.0. The molecule has 32 heavy (non-hydrogen) atoms. The largest absolute Gasteiger partial charge is 0.467 e. The first-order chi connectivity index (χ1) is 15.4. The molecule has 0 radical (unpaired) electrons. The monoisotopic (exact) mass is 450 g/mol. The van der Waals surface area contributed by atoms with E-state index in [0.29, 0.717) is 22.8 Å². The molecule has 164 valence electrons. The number of nitrogens with zero attached hydrogens (tertiary/aromatic N) is 3. The number of hydrogen-bond acceptors (Lipinski definition) is 5. The summed E-state index contributed by atoms with van der Waals surface area (Å²) in [6, 6.07) is 17.7. The second-order valence-electron chi connectivity index (χ2n) is 7.66. The van der Waals surface area contributed by atoms with Gasteiger partial charge in [-0.25, -0.2) is 5.01 Å². The van der Waals surface area contributed by atoms with Gasteiger partial charge in [0.1, 0.15) is 11.8 Å². The van der Waals surface area contributed by atoms with E-state index in [-0.39, 0.29) is 24.4 Å². The van der Waals surface area contributed by atoms with Gasteiger partial charge >= 0.3 is 0 Å². The van der Waals surface area contributed by atoms with E-state index >= 15 is 0 Å². The Balaban J connectivity index is 1.48. The van der Waals surface area contributed by atoms with Gasteiger partial charge in [0.25, 0.3) is 11.8 Å². The van der Waals surface area contributed by atoms with Crippen molar-refractivity contribution in [2.75, 3.05) is 26.0 Å². The maximum Gasteiger partial charge on any atom is 0.262 e. The maximum absolute atomic E-state index is 13.1. The van der Waals surface area contributed by atoms with Crippen molar-refractivity contribution >= 4 is 34.8 Å². The van der Waals surface area contributed by atoms with Crippen LogP contribution in [0.25, 0.3) is 0 Å². The highest BCUT2D eigenvalue weighted by molar-refractivity contribution is 6.30. The third kappa shape index (κ3) is 4.68. The van der Waals surface area contributed by atoms with E-state index in [1.165, 1.54) is 9.91 Å². The molecule has 1 aromatic heterocycles. The minimum absolute atomic E-state index is 0.0512. The van der Waals surface area contributed by atoms with Crippen LogP contribution in [0.4, 0.5) is 5.69 Å². The Bertz CT molecular complexity index is 1120. The standard InChI is InChI=1S/C24H23ClN4O3/c1-28(2)24(31)17-7-11-19(12-8-17)26-15-23(30)29-21(22-4-3-13-32-22)14-20(27-29)16-5-9-18(25)10-6-16/h3-13,21,26H,14-15H2,1-2H3/t21-/m1/s1. The van der Waals surface area contributed by atoms with Gasteiger partial charge in [-0.2, -0.15) is 5.10 Å². The number of hydrogen-bond donors (Lipinski definition) is 1. The van der Waals surface area contributed by atoms with Gasteiger partial charge < -0.3 is 14.6 Å². The van der Waals surface area contributed by atoms with Crippen molar-refractivity contribution < 1.29 is 14.0 Å². The number of halogens is 1. The van der Waals surface area contributed by atoms with Crippen LogP contribution in [0.3, 0.4) is 0 Å². The fourth-order valence-corrected chi connectivity index (χ4v) is 3.63. The summed E-state index contributed by atoms with van der Waals surface area (Å²) in [5, 5.41) is 9.83. The molecule has 1 aliphatic rings. The van der Waals surface area contributed by atoms with Crippen LogP contribution in [0.2, 0.25) is 5.02 Å². The van der Waals surface area contributed by atoms with Crippen LogP contribution in [0, 0.1) is 0 Å². The number of amides is 2. The molecule has 1 N–H and O–H groups in total. The van der Waals surface area contributed by atoms with E-state index in [0.717, 1.165) is 17.0 Å². The molecule has 0 spiro atoms. The summed E-state index contributed by atoms with van der Waals surface area (Å²) in [4.78, 5) is 26.6. The van der Waals surface area contributed by atoms with Crippen molar-refractivity contribution in [3.63, 3.8) is 0 Å². The maximum atomic E-state index is 13.1. The van der Waals surface area contributed by atoms with Gasteiger partial charge in [-0.05, 0) is 54.1 Å². The van der Waals surface area contributed by atoms with Crippen molar-refractivity contribution in [1.82, 2.24) is 9.91 Å². The smallest absolute Gasteiger partial charge is 0.262 e. The quantitative estimate of drug-likeness (QED) is 0.602. The first-order valence-corrected chi connectivity index (χ1v) is 10.5. The van der Waals surface area contributed by atoms with Crippen LogP contribution in [0.1, 0.15) is 34.1 Å². The molecular formula is C24H23ClN4O3. The molecular weight excluding hydrogens is 428 g/mol. The minimum Gasteiger partial charge on any atom is -0.467 e. The summed E-state index contributed by atoms with van der Waals surface area (Å²) in [6.07, 6.45) is 2.13. The van der Waals surface area contributed by atoms with Gasteiger partial charge in [0.2, 0.25) is 0 Å². The Kier molecular flexibility index (Phi) is 6.28. The number of hydrazone groups is 1. The predicted octanol–water partition coefficient (Wildman–Crippen LogP) is 4.42. The highest BCUT2D eigenvalue weighted by Gasteiger charge is 2.34. The molecule has 1 aliphatic heterocycles. The van der Waals surface area contributed by atoms with E-state index in [4.69, 9.17) is 16.0 Å². The van der Waals surface area contributed by atoms with Gasteiger partial charge in [-0.1, -0.05) is 23.7 Å². The molecule has 0 unspecified atom stereocenters. The minimum atomic E-state index is -0.315. The molecule has 8 heteroatoms. The Morgan fingerprint density at radius 2 is 1.84 bits per heavy atom. The molecule has 0 saturated heterocycles. The van der Waals surface area contributed by atoms with Gasteiger partial charge in [0.15, 0.2) is 0 Å². The molecule has 4 rings (SSSR count). The summed E-state index contributed by atoms with van der Waals surface area (Å²) in [5.74, 6) is 0.413. The first-order valence-electron chi connectivity index (χ1n) is 10.2. The number of carbonyl (C=O) groups excluding carboxylic acids is 2. The lowest BCUT2D eigenvalue weighted by Gasteiger charge is -2.20. The zero-order valence-electron chi connectivity index (χ0n) is 17.8. The molecule has 2 aromatic carbocycles. The fraction of sp³-hybridized carbons (Fsp3) is 0.208. The van der Waals surface area contributed by atoms with Crippen LogP contribution in [0.5, 0.6) is 0 Å². The van der Waals surface area contributed by atoms with Crippen LogP contribution in [-0.4, -0.2) is 48.1 Å². The fourth-order valence-electron chi connectivity index (χ4n) is 3.51. The number of carbonyl (C=O) groups is 2. The lowest BCUT2D eigenvalue weighted by Crippen LogP contribution is -2.32. The van der Waals surface area contributed by atoms with E-state index in [9.17, 15) is 9.59 Å². The molecule has 0 saturated carbocycles. The number of benzene rings is 2. The normalized spacial score (nSPS) is 15.4. The first kappa shape index (κ1) is 21.6. The molecule has 7 nitrogen and oxygen atoms in total. The van der Waals surface area contributed by atoms with Crippen molar-refractivity contribution in [3.8, 4) is 0 Å². The third-order valence-corrected chi connectivity index (χ3v) is 5.45. The van der Waals surface area contributed by atoms with Crippen LogP contribution >= 0.6 is 11.6 Å². The number of rotatable bonds is 6. The molecule has 0 bridgehead atoms. The summed E-state index contributed by atoms with van der Waals surface area (Å²) in [5.41, 5.74) is 3.03. The van der Waals surface area contributed by atoms with Crippen LogP contribution in [0.15, 0.2) is 76.4 Å². The van der Waals surface area contributed by atoms with Gasteiger partial charge in [0, 0.05) is 36.8 Å². The summed E-state index contributed by atoms with van der Waals surface area (Å²) < 4.78 is 5.57. The third-order valence-electron chi connectivity index (χ3n) is 5.20. The number of furan rings is 1. The molecule has 3 aromatic rings. The summed E-state index contributed by atoms with van der Waals surface area (Å²) in [6.45, 7) is 0.0512. The van der Waals surface area contributed by atoms with E-state index in [1.54, 1.807) is 62.8 Å². The average Bonchev–Trinajstić information content (AvgIpc) is 3.48. The van der Waals surface area contributed by atoms with Crippen LogP contribution in [-0.2, 0) is 4.79 Å². The van der Waals surface area contributed by atoms with Crippen molar-refractivity contribution in [1.29, 1.82) is 0 Å². The number of nitrogens with one attached hydrogen (secondary N) is 1. The van der Waals surface area contributed by atoms with E-state index in [1.807, 2.05) is 18.2 Å². The second-order valence-corrected chi connectivity index (χ2v) is 8.09. The Morgan fingerprint density at radius 3 is 2.47 bits per heavy atom.